The fourth-order valence-corrected chi connectivity index (χ4v) is 1.33. The van der Waals surface area contributed by atoms with Gasteiger partial charge in [0.15, 0.2) is 0 Å². The molecule has 0 bridgehead atoms. The number of nitrogens with one attached hydrogen (secondary N) is 1. The molecule has 0 saturated heterocycles. The molecule has 3 nitrogen and oxygen atoms in total. The van der Waals surface area contributed by atoms with Crippen LogP contribution in [0.4, 0.5) is 4.39 Å². The summed E-state index contributed by atoms with van der Waals surface area (Å²) < 4.78 is 17.5. The van der Waals surface area contributed by atoms with Crippen molar-refractivity contribution in [3.05, 3.63) is 41.7 Å². The Kier molecular flexibility index (Phi) is 5.36. The van der Waals surface area contributed by atoms with Crippen LogP contribution in [-0.4, -0.2) is 25.7 Å². The van der Waals surface area contributed by atoms with E-state index in [1.165, 1.54) is 18.2 Å². The van der Waals surface area contributed by atoms with Crippen LogP contribution in [0.1, 0.15) is 12.5 Å². The molecule has 0 aliphatic rings. The van der Waals surface area contributed by atoms with Crippen molar-refractivity contribution in [2.45, 2.75) is 13.0 Å². The lowest BCUT2D eigenvalue weighted by Gasteiger charge is -2.10. The first-order chi connectivity index (χ1) is 8.11. The lowest BCUT2D eigenvalue weighted by atomic mass is 10.2. The summed E-state index contributed by atoms with van der Waals surface area (Å²) in [6.45, 7) is 2.32. The van der Waals surface area contributed by atoms with E-state index < -0.39 is 0 Å². The smallest absolute Gasteiger partial charge is 0.244 e. The van der Waals surface area contributed by atoms with Crippen LogP contribution >= 0.6 is 0 Å². The Morgan fingerprint density at radius 2 is 2.12 bits per heavy atom. The van der Waals surface area contributed by atoms with Crippen molar-refractivity contribution < 1.29 is 13.9 Å². The fourth-order valence-electron chi connectivity index (χ4n) is 1.33. The molecule has 0 radical (unpaired) electrons. The largest absolute Gasteiger partial charge is 0.383 e. The summed E-state index contributed by atoms with van der Waals surface area (Å²) in [5.74, 6) is -0.487. The molecule has 0 heterocycles. The van der Waals surface area contributed by atoms with E-state index >= 15 is 0 Å². The molecule has 0 saturated carbocycles. The predicted molar refractivity (Wildman–Crippen MR) is 64.9 cm³/mol. The molecule has 0 aliphatic heterocycles. The first-order valence-corrected chi connectivity index (χ1v) is 5.35. The summed E-state index contributed by atoms with van der Waals surface area (Å²) in [4.78, 5) is 11.4. The van der Waals surface area contributed by atoms with Crippen LogP contribution in [0.5, 0.6) is 0 Å². The Bertz CT molecular complexity index is 387. The van der Waals surface area contributed by atoms with E-state index in [-0.39, 0.29) is 17.8 Å². The van der Waals surface area contributed by atoms with Crippen LogP contribution in [-0.2, 0) is 9.53 Å². The van der Waals surface area contributed by atoms with Crippen molar-refractivity contribution in [2.24, 2.45) is 0 Å². The van der Waals surface area contributed by atoms with E-state index in [1.807, 2.05) is 6.92 Å². The molecule has 1 rings (SSSR count). The molecule has 1 unspecified atom stereocenters. The van der Waals surface area contributed by atoms with Gasteiger partial charge in [0.05, 0.1) is 6.61 Å². The minimum atomic E-state index is -0.291. The second-order valence-corrected chi connectivity index (χ2v) is 3.75. The van der Waals surface area contributed by atoms with Gasteiger partial charge in [-0.2, -0.15) is 0 Å². The van der Waals surface area contributed by atoms with Gasteiger partial charge >= 0.3 is 0 Å². The summed E-state index contributed by atoms with van der Waals surface area (Å²) in [5, 5.41) is 2.74. The minimum absolute atomic E-state index is 0.0367. The third-order valence-electron chi connectivity index (χ3n) is 2.10. The Morgan fingerprint density at radius 3 is 2.71 bits per heavy atom. The van der Waals surface area contributed by atoms with Crippen molar-refractivity contribution in [2.75, 3.05) is 13.7 Å². The third-order valence-corrected chi connectivity index (χ3v) is 2.10. The number of rotatable bonds is 5. The maximum Gasteiger partial charge on any atom is 0.244 e. The summed E-state index contributed by atoms with van der Waals surface area (Å²) in [5.41, 5.74) is 0.779. The Morgan fingerprint density at radius 1 is 1.47 bits per heavy atom. The molecular formula is C13H16FNO2. The molecule has 1 amide bonds. The van der Waals surface area contributed by atoms with Gasteiger partial charge < -0.3 is 10.1 Å². The lowest BCUT2D eigenvalue weighted by Crippen LogP contribution is -2.34. The van der Waals surface area contributed by atoms with Gasteiger partial charge in [-0.1, -0.05) is 12.1 Å². The van der Waals surface area contributed by atoms with Gasteiger partial charge in [0.2, 0.25) is 5.91 Å². The van der Waals surface area contributed by atoms with Crippen molar-refractivity contribution in [1.29, 1.82) is 0 Å². The Hall–Kier alpha value is -1.68. The van der Waals surface area contributed by atoms with Gasteiger partial charge in [-0.3, -0.25) is 4.79 Å². The van der Waals surface area contributed by atoms with Crippen molar-refractivity contribution in [3.63, 3.8) is 0 Å². The summed E-state index contributed by atoms with van der Waals surface area (Å²) in [7, 11) is 1.58. The number of methoxy groups -OCH3 is 1. The Labute approximate surface area is 100 Å². The molecular weight excluding hydrogens is 221 g/mol. The standard InChI is InChI=1S/C13H16FNO2/c1-10(9-17-2)15-13(16)8-5-11-3-6-12(14)7-4-11/h3-8,10H,9H2,1-2H3,(H,15,16). The van der Waals surface area contributed by atoms with Gasteiger partial charge in [0.1, 0.15) is 5.82 Å². The van der Waals surface area contributed by atoms with E-state index in [2.05, 4.69) is 5.32 Å². The van der Waals surface area contributed by atoms with E-state index in [1.54, 1.807) is 25.3 Å². The second-order valence-electron chi connectivity index (χ2n) is 3.75. The molecule has 1 aromatic carbocycles. The quantitative estimate of drug-likeness (QED) is 0.795. The van der Waals surface area contributed by atoms with Crippen molar-refractivity contribution in [1.82, 2.24) is 5.32 Å². The number of carbonyl (C=O) groups excluding carboxylic acids is 1. The molecule has 1 N–H and O–H groups in total. The average molecular weight is 237 g/mol. The highest BCUT2D eigenvalue weighted by atomic mass is 19.1. The molecule has 1 aromatic rings. The molecule has 0 aliphatic carbocycles. The van der Waals surface area contributed by atoms with E-state index in [9.17, 15) is 9.18 Å². The van der Waals surface area contributed by atoms with E-state index in [0.717, 1.165) is 5.56 Å². The zero-order valence-corrected chi connectivity index (χ0v) is 9.94. The highest BCUT2D eigenvalue weighted by Crippen LogP contribution is 2.04. The fraction of sp³-hybridized carbons (Fsp3) is 0.308. The zero-order valence-electron chi connectivity index (χ0n) is 9.94. The number of hydrogen-bond donors (Lipinski definition) is 1. The molecule has 0 fully saturated rings. The van der Waals surface area contributed by atoms with Crippen LogP contribution in [0.25, 0.3) is 6.08 Å². The van der Waals surface area contributed by atoms with Crippen molar-refractivity contribution >= 4 is 12.0 Å². The number of ether oxygens (including phenoxy) is 1. The highest BCUT2D eigenvalue weighted by Gasteiger charge is 2.02. The maximum absolute atomic E-state index is 12.6. The molecule has 92 valence electrons. The minimum Gasteiger partial charge on any atom is -0.383 e. The van der Waals surface area contributed by atoms with Gasteiger partial charge in [-0.05, 0) is 30.7 Å². The van der Waals surface area contributed by atoms with Gasteiger partial charge in [-0.25, -0.2) is 4.39 Å². The molecule has 0 aromatic heterocycles. The van der Waals surface area contributed by atoms with Gasteiger partial charge in [-0.15, -0.1) is 0 Å². The first-order valence-electron chi connectivity index (χ1n) is 5.35. The normalized spacial score (nSPS) is 12.6. The van der Waals surface area contributed by atoms with Crippen LogP contribution < -0.4 is 5.32 Å². The average Bonchev–Trinajstić information content (AvgIpc) is 2.28. The lowest BCUT2D eigenvalue weighted by molar-refractivity contribution is -0.117. The third kappa shape index (κ3) is 5.26. The van der Waals surface area contributed by atoms with Crippen molar-refractivity contribution in [3.8, 4) is 0 Å². The topological polar surface area (TPSA) is 38.3 Å². The monoisotopic (exact) mass is 237 g/mol. The van der Waals surface area contributed by atoms with Gasteiger partial charge in [0, 0.05) is 19.2 Å². The van der Waals surface area contributed by atoms with Crippen LogP contribution in [0, 0.1) is 5.82 Å². The SMILES string of the molecule is COCC(C)NC(=O)C=Cc1ccc(F)cc1. The summed E-state index contributed by atoms with van der Waals surface area (Å²) >= 11 is 0. The summed E-state index contributed by atoms with van der Waals surface area (Å²) in [6.07, 6.45) is 3.05. The number of benzene rings is 1. The van der Waals surface area contributed by atoms with Gasteiger partial charge in [0.25, 0.3) is 0 Å². The van der Waals surface area contributed by atoms with Crippen LogP contribution in [0.3, 0.4) is 0 Å². The summed E-state index contributed by atoms with van der Waals surface area (Å²) in [6, 6.07) is 5.89. The predicted octanol–water partition coefficient (Wildman–Crippen LogP) is 1.99. The molecule has 17 heavy (non-hydrogen) atoms. The van der Waals surface area contributed by atoms with Crippen LogP contribution in [0.15, 0.2) is 30.3 Å². The van der Waals surface area contributed by atoms with E-state index in [0.29, 0.717) is 6.61 Å². The number of amides is 1. The highest BCUT2D eigenvalue weighted by molar-refractivity contribution is 5.91. The Balaban J connectivity index is 2.47. The maximum atomic E-state index is 12.6. The number of hydrogen-bond acceptors (Lipinski definition) is 2. The molecule has 4 heteroatoms. The first kappa shape index (κ1) is 13.4. The number of halogens is 1. The second kappa shape index (κ2) is 6.81. The number of carbonyl (C=O) groups is 1. The molecule has 1 atom stereocenters. The van der Waals surface area contributed by atoms with E-state index in [4.69, 9.17) is 4.74 Å². The van der Waals surface area contributed by atoms with Crippen LogP contribution in [0.2, 0.25) is 0 Å². The zero-order chi connectivity index (χ0) is 12.7. The molecule has 0 spiro atoms.